The van der Waals surface area contributed by atoms with Crippen LogP contribution < -0.4 is 0 Å². The van der Waals surface area contributed by atoms with E-state index in [0.29, 0.717) is 5.41 Å². The second-order valence-electron chi connectivity index (χ2n) is 9.33. The zero-order valence-electron chi connectivity index (χ0n) is 16.1. The molecule has 26 heavy (non-hydrogen) atoms. The SMILES string of the molecule is C=CC1=C(C=C)C2(CCCCC2)C2=CCC=CC=C2C2(C1)CC1CCC12. The van der Waals surface area contributed by atoms with Gasteiger partial charge in [0.05, 0.1) is 0 Å². The molecule has 0 nitrogen and oxygen atoms in total. The normalized spacial score (nSPS) is 37.4. The Balaban J connectivity index is 1.75. The minimum absolute atomic E-state index is 0.194. The van der Waals surface area contributed by atoms with Gasteiger partial charge in [0.1, 0.15) is 0 Å². The van der Waals surface area contributed by atoms with Crippen molar-refractivity contribution >= 4 is 0 Å². The van der Waals surface area contributed by atoms with Crippen molar-refractivity contribution in [3.8, 4) is 0 Å². The van der Waals surface area contributed by atoms with Crippen LogP contribution in [0.15, 0.2) is 71.9 Å². The quantitative estimate of drug-likeness (QED) is 0.495. The maximum absolute atomic E-state index is 4.31. The topological polar surface area (TPSA) is 0 Å². The van der Waals surface area contributed by atoms with E-state index in [9.17, 15) is 0 Å². The Morgan fingerprint density at radius 1 is 1.00 bits per heavy atom. The summed E-state index contributed by atoms with van der Waals surface area (Å²) >= 11 is 0. The molecule has 3 fully saturated rings. The first-order valence-electron chi connectivity index (χ1n) is 10.8. The molecule has 0 N–H and O–H groups in total. The maximum Gasteiger partial charge on any atom is 0.0205 e. The van der Waals surface area contributed by atoms with Gasteiger partial charge in [0, 0.05) is 10.8 Å². The molecule has 0 aromatic rings. The van der Waals surface area contributed by atoms with E-state index in [1.807, 2.05) is 0 Å². The van der Waals surface area contributed by atoms with Gasteiger partial charge in [0.25, 0.3) is 0 Å². The molecule has 5 aliphatic carbocycles. The molecule has 3 atom stereocenters. The average Bonchev–Trinajstić information content (AvgIpc) is 2.95. The predicted octanol–water partition coefficient (Wildman–Crippen LogP) is 7.24. The van der Waals surface area contributed by atoms with Crippen molar-refractivity contribution < 1.29 is 0 Å². The van der Waals surface area contributed by atoms with Gasteiger partial charge in [-0.25, -0.2) is 0 Å². The van der Waals surface area contributed by atoms with Gasteiger partial charge in [0.15, 0.2) is 0 Å². The summed E-state index contributed by atoms with van der Waals surface area (Å²) in [7, 11) is 0. The molecule has 0 saturated heterocycles. The van der Waals surface area contributed by atoms with Gasteiger partial charge < -0.3 is 0 Å². The maximum atomic E-state index is 4.31. The zero-order chi connectivity index (χ0) is 17.8. The molecule has 3 unspecified atom stereocenters. The minimum atomic E-state index is 0.194. The molecule has 0 radical (unpaired) electrons. The Morgan fingerprint density at radius 3 is 2.46 bits per heavy atom. The molecular weight excluding hydrogens is 312 g/mol. The van der Waals surface area contributed by atoms with Crippen LogP contribution in [0.5, 0.6) is 0 Å². The summed E-state index contributed by atoms with van der Waals surface area (Å²) in [6.45, 7) is 8.57. The summed E-state index contributed by atoms with van der Waals surface area (Å²) in [6, 6.07) is 0. The van der Waals surface area contributed by atoms with Crippen LogP contribution in [0.1, 0.15) is 64.2 Å². The van der Waals surface area contributed by atoms with Gasteiger partial charge in [-0.05, 0) is 79.1 Å². The molecule has 0 aromatic heterocycles. The van der Waals surface area contributed by atoms with Crippen LogP contribution in [0.3, 0.4) is 0 Å². The van der Waals surface area contributed by atoms with Crippen molar-refractivity contribution in [3.05, 3.63) is 71.9 Å². The summed E-state index contributed by atoms with van der Waals surface area (Å²) in [5.41, 5.74) is 6.98. The third kappa shape index (κ3) is 2.02. The minimum Gasteiger partial charge on any atom is -0.0988 e. The Bertz CT molecular complexity index is 762. The first kappa shape index (κ1) is 16.6. The van der Waals surface area contributed by atoms with E-state index in [1.54, 1.807) is 11.1 Å². The summed E-state index contributed by atoms with van der Waals surface area (Å²) in [6.07, 6.45) is 27.4. The monoisotopic (exact) mass is 344 g/mol. The van der Waals surface area contributed by atoms with E-state index < -0.39 is 0 Å². The largest absolute Gasteiger partial charge is 0.0988 e. The molecule has 0 aliphatic heterocycles. The number of hydrogen-bond acceptors (Lipinski definition) is 0. The van der Waals surface area contributed by atoms with Gasteiger partial charge in [-0.15, -0.1) is 0 Å². The van der Waals surface area contributed by atoms with Crippen molar-refractivity contribution in [2.75, 3.05) is 0 Å². The third-order valence-corrected chi connectivity index (χ3v) is 8.48. The predicted molar refractivity (Wildman–Crippen MR) is 111 cm³/mol. The fraction of sp³-hybridized carbons (Fsp3) is 0.538. The van der Waals surface area contributed by atoms with E-state index >= 15 is 0 Å². The molecule has 136 valence electrons. The Kier molecular flexibility index (Phi) is 3.82. The molecule has 0 amide bonds. The summed E-state index contributed by atoms with van der Waals surface area (Å²) in [4.78, 5) is 0. The number of hydrogen-bond donors (Lipinski definition) is 0. The average molecular weight is 345 g/mol. The highest BCUT2D eigenvalue weighted by molar-refractivity contribution is 5.58. The highest BCUT2D eigenvalue weighted by Crippen LogP contribution is 2.72. The van der Waals surface area contributed by atoms with Crippen molar-refractivity contribution in [2.24, 2.45) is 22.7 Å². The van der Waals surface area contributed by atoms with Gasteiger partial charge in [0.2, 0.25) is 0 Å². The standard InChI is InChI=1S/C26H32/c1-3-19-17-26(18-20-13-14-22(20)26)24-12-8-5-7-11-23(24)25(21(19)4-2)15-9-6-10-16-25/h3-5,8,11-12,20,22H,1-2,6-7,9-10,13-18H2. The molecule has 0 heteroatoms. The van der Waals surface area contributed by atoms with E-state index in [1.165, 1.54) is 68.9 Å². The highest BCUT2D eigenvalue weighted by atomic mass is 14.7. The van der Waals surface area contributed by atoms with Crippen LogP contribution in [0, 0.1) is 22.7 Å². The van der Waals surface area contributed by atoms with Crippen LogP contribution in [0.2, 0.25) is 0 Å². The molecule has 2 spiro atoms. The van der Waals surface area contributed by atoms with Gasteiger partial charge in [-0.2, -0.15) is 0 Å². The Hall–Kier alpha value is -1.56. The highest BCUT2D eigenvalue weighted by Gasteiger charge is 2.62. The Morgan fingerprint density at radius 2 is 1.85 bits per heavy atom. The molecular formula is C26H32. The lowest BCUT2D eigenvalue weighted by Gasteiger charge is -2.64. The Labute approximate surface area is 159 Å². The molecule has 0 heterocycles. The van der Waals surface area contributed by atoms with Crippen LogP contribution in [-0.4, -0.2) is 0 Å². The lowest BCUT2D eigenvalue weighted by Crippen LogP contribution is -2.55. The van der Waals surface area contributed by atoms with E-state index in [0.717, 1.165) is 18.3 Å². The van der Waals surface area contributed by atoms with Gasteiger partial charge >= 0.3 is 0 Å². The van der Waals surface area contributed by atoms with Gasteiger partial charge in [-0.1, -0.05) is 68.9 Å². The number of rotatable bonds is 2. The van der Waals surface area contributed by atoms with Gasteiger partial charge in [-0.3, -0.25) is 0 Å². The second-order valence-corrected chi connectivity index (χ2v) is 9.33. The van der Waals surface area contributed by atoms with Crippen molar-refractivity contribution in [1.82, 2.24) is 0 Å². The number of fused-ring (bicyclic) bond motifs is 5. The fourth-order valence-corrected chi connectivity index (χ4v) is 7.21. The smallest absolute Gasteiger partial charge is 0.0205 e. The lowest BCUT2D eigenvalue weighted by molar-refractivity contribution is -0.0880. The summed E-state index contributed by atoms with van der Waals surface area (Å²) in [5, 5.41) is 0. The van der Waals surface area contributed by atoms with Crippen LogP contribution in [-0.2, 0) is 0 Å². The molecule has 3 saturated carbocycles. The van der Waals surface area contributed by atoms with Crippen molar-refractivity contribution in [2.45, 2.75) is 64.2 Å². The van der Waals surface area contributed by atoms with Crippen LogP contribution >= 0.6 is 0 Å². The van der Waals surface area contributed by atoms with Crippen LogP contribution in [0.25, 0.3) is 0 Å². The fourth-order valence-electron chi connectivity index (χ4n) is 7.21. The third-order valence-electron chi connectivity index (χ3n) is 8.48. The molecule has 0 aromatic carbocycles. The summed E-state index contributed by atoms with van der Waals surface area (Å²) in [5.74, 6) is 1.89. The first-order chi connectivity index (χ1) is 12.7. The first-order valence-corrected chi connectivity index (χ1v) is 10.8. The molecule has 5 aliphatic rings. The molecule has 0 bridgehead atoms. The van der Waals surface area contributed by atoms with Crippen molar-refractivity contribution in [3.63, 3.8) is 0 Å². The molecule has 5 rings (SSSR count). The lowest BCUT2D eigenvalue weighted by atomic mass is 9.40. The summed E-state index contributed by atoms with van der Waals surface area (Å²) < 4.78 is 0. The van der Waals surface area contributed by atoms with Crippen LogP contribution in [0.4, 0.5) is 0 Å². The van der Waals surface area contributed by atoms with Crippen molar-refractivity contribution in [1.29, 1.82) is 0 Å². The number of allylic oxidation sites excluding steroid dienone is 10. The zero-order valence-corrected chi connectivity index (χ0v) is 16.1. The van der Waals surface area contributed by atoms with E-state index in [4.69, 9.17) is 0 Å². The van der Waals surface area contributed by atoms with E-state index in [2.05, 4.69) is 49.6 Å². The van der Waals surface area contributed by atoms with E-state index in [-0.39, 0.29) is 5.41 Å². The second kappa shape index (κ2) is 5.98.